The zero-order valence-corrected chi connectivity index (χ0v) is 12.8. The standard InChI is InChI=1S/C17H28N2O/c1-13(2)20-17-11-14(18)10-16(12-17)19-15-8-6-4-3-5-7-9-15/h10-13,15,19H,3-9,18H2,1-2H3. The first-order valence-corrected chi connectivity index (χ1v) is 7.97. The molecule has 1 aromatic rings. The van der Waals surface area contributed by atoms with Crippen molar-refractivity contribution in [1.82, 2.24) is 0 Å². The lowest BCUT2D eigenvalue weighted by Gasteiger charge is -2.23. The summed E-state index contributed by atoms with van der Waals surface area (Å²) in [6.45, 7) is 4.07. The summed E-state index contributed by atoms with van der Waals surface area (Å²) in [6, 6.07) is 6.54. The Kier molecular flexibility index (Phi) is 5.57. The van der Waals surface area contributed by atoms with Crippen LogP contribution in [-0.4, -0.2) is 12.1 Å². The van der Waals surface area contributed by atoms with Crippen LogP contribution in [0.2, 0.25) is 0 Å². The Balaban J connectivity index is 2.01. The van der Waals surface area contributed by atoms with Gasteiger partial charge in [-0.3, -0.25) is 0 Å². The molecule has 0 radical (unpaired) electrons. The van der Waals surface area contributed by atoms with Crippen molar-refractivity contribution in [3.05, 3.63) is 18.2 Å². The predicted octanol–water partition coefficient (Wildman–Crippen LogP) is 4.58. The number of hydrogen-bond donors (Lipinski definition) is 2. The van der Waals surface area contributed by atoms with E-state index in [4.69, 9.17) is 10.5 Å². The quantitative estimate of drug-likeness (QED) is 0.791. The minimum atomic E-state index is 0.172. The summed E-state index contributed by atoms with van der Waals surface area (Å²) in [5.74, 6) is 0.855. The number of rotatable bonds is 4. The van der Waals surface area contributed by atoms with Crippen LogP contribution >= 0.6 is 0 Å². The molecule has 0 unspecified atom stereocenters. The van der Waals surface area contributed by atoms with E-state index >= 15 is 0 Å². The van der Waals surface area contributed by atoms with E-state index in [1.165, 1.54) is 44.9 Å². The molecule has 112 valence electrons. The fourth-order valence-corrected chi connectivity index (χ4v) is 2.88. The topological polar surface area (TPSA) is 47.3 Å². The summed E-state index contributed by atoms with van der Waals surface area (Å²) in [6.07, 6.45) is 9.49. The summed E-state index contributed by atoms with van der Waals surface area (Å²) < 4.78 is 5.75. The van der Waals surface area contributed by atoms with E-state index in [-0.39, 0.29) is 6.10 Å². The van der Waals surface area contributed by atoms with E-state index in [9.17, 15) is 0 Å². The molecule has 2 rings (SSSR count). The number of hydrogen-bond acceptors (Lipinski definition) is 3. The highest BCUT2D eigenvalue weighted by Gasteiger charge is 2.12. The van der Waals surface area contributed by atoms with Crippen molar-refractivity contribution in [2.45, 2.75) is 70.9 Å². The SMILES string of the molecule is CC(C)Oc1cc(N)cc(NC2CCCCCCC2)c1. The van der Waals surface area contributed by atoms with Crippen LogP contribution in [0.3, 0.4) is 0 Å². The molecule has 1 saturated carbocycles. The van der Waals surface area contributed by atoms with Gasteiger partial charge in [0, 0.05) is 29.5 Å². The number of anilines is 2. The van der Waals surface area contributed by atoms with Gasteiger partial charge in [-0.1, -0.05) is 32.1 Å². The summed E-state index contributed by atoms with van der Waals surface area (Å²) in [5, 5.41) is 3.64. The molecular weight excluding hydrogens is 248 g/mol. The van der Waals surface area contributed by atoms with Gasteiger partial charge >= 0.3 is 0 Å². The minimum absolute atomic E-state index is 0.172. The van der Waals surface area contributed by atoms with E-state index in [1.54, 1.807) is 0 Å². The lowest BCUT2D eigenvalue weighted by molar-refractivity contribution is 0.242. The average molecular weight is 276 g/mol. The van der Waals surface area contributed by atoms with Crippen molar-refractivity contribution in [1.29, 1.82) is 0 Å². The zero-order chi connectivity index (χ0) is 14.4. The minimum Gasteiger partial charge on any atom is -0.491 e. The van der Waals surface area contributed by atoms with E-state index in [0.717, 1.165) is 17.1 Å². The molecule has 0 spiro atoms. The summed E-state index contributed by atoms with van der Waals surface area (Å²) in [7, 11) is 0. The smallest absolute Gasteiger partial charge is 0.123 e. The highest BCUT2D eigenvalue weighted by atomic mass is 16.5. The first-order valence-electron chi connectivity index (χ1n) is 7.97. The van der Waals surface area contributed by atoms with Gasteiger partial charge in [0.15, 0.2) is 0 Å². The molecular formula is C17H28N2O. The van der Waals surface area contributed by atoms with Gasteiger partial charge < -0.3 is 15.8 Å². The molecule has 1 aliphatic carbocycles. The van der Waals surface area contributed by atoms with Crippen LogP contribution in [0, 0.1) is 0 Å². The fraction of sp³-hybridized carbons (Fsp3) is 0.647. The Morgan fingerprint density at radius 2 is 1.70 bits per heavy atom. The van der Waals surface area contributed by atoms with Crippen molar-refractivity contribution in [2.75, 3.05) is 11.1 Å². The van der Waals surface area contributed by atoms with Crippen LogP contribution < -0.4 is 15.8 Å². The van der Waals surface area contributed by atoms with E-state index in [1.807, 2.05) is 26.0 Å². The van der Waals surface area contributed by atoms with Crippen LogP contribution in [0.5, 0.6) is 5.75 Å². The molecule has 1 fully saturated rings. The van der Waals surface area contributed by atoms with Crippen LogP contribution in [0.4, 0.5) is 11.4 Å². The second-order valence-electron chi connectivity index (χ2n) is 6.14. The monoisotopic (exact) mass is 276 g/mol. The number of nitrogens with one attached hydrogen (secondary N) is 1. The van der Waals surface area contributed by atoms with Crippen LogP contribution in [0.15, 0.2) is 18.2 Å². The zero-order valence-electron chi connectivity index (χ0n) is 12.8. The summed E-state index contributed by atoms with van der Waals surface area (Å²) in [5.41, 5.74) is 7.83. The van der Waals surface area contributed by atoms with Gasteiger partial charge in [0.1, 0.15) is 5.75 Å². The maximum absolute atomic E-state index is 5.98. The lowest BCUT2D eigenvalue weighted by atomic mass is 9.96. The Bertz CT molecular complexity index is 409. The normalized spacial score (nSPS) is 17.6. The first kappa shape index (κ1) is 15.0. The largest absolute Gasteiger partial charge is 0.491 e. The average Bonchev–Trinajstić information content (AvgIpc) is 2.30. The summed E-state index contributed by atoms with van der Waals surface area (Å²) >= 11 is 0. The molecule has 0 saturated heterocycles. The number of benzene rings is 1. The maximum Gasteiger partial charge on any atom is 0.123 e. The molecule has 0 aliphatic heterocycles. The lowest BCUT2D eigenvalue weighted by Crippen LogP contribution is -2.20. The second-order valence-corrected chi connectivity index (χ2v) is 6.14. The third-order valence-electron chi connectivity index (χ3n) is 3.78. The van der Waals surface area contributed by atoms with Gasteiger partial charge in [-0.05, 0) is 32.8 Å². The van der Waals surface area contributed by atoms with E-state index in [2.05, 4.69) is 11.4 Å². The predicted molar refractivity (Wildman–Crippen MR) is 86.3 cm³/mol. The third-order valence-corrected chi connectivity index (χ3v) is 3.78. The van der Waals surface area contributed by atoms with E-state index in [0.29, 0.717) is 6.04 Å². The number of nitrogen functional groups attached to an aromatic ring is 1. The van der Waals surface area contributed by atoms with Gasteiger partial charge in [0.2, 0.25) is 0 Å². The fourth-order valence-electron chi connectivity index (χ4n) is 2.88. The Morgan fingerprint density at radius 3 is 2.35 bits per heavy atom. The van der Waals surface area contributed by atoms with Crippen molar-refractivity contribution in [3.8, 4) is 5.75 Å². The van der Waals surface area contributed by atoms with Crippen molar-refractivity contribution < 1.29 is 4.74 Å². The van der Waals surface area contributed by atoms with Crippen molar-refractivity contribution in [3.63, 3.8) is 0 Å². The van der Waals surface area contributed by atoms with Gasteiger partial charge in [-0.25, -0.2) is 0 Å². The molecule has 0 bridgehead atoms. The van der Waals surface area contributed by atoms with Gasteiger partial charge in [0.25, 0.3) is 0 Å². The molecule has 1 aromatic carbocycles. The second kappa shape index (κ2) is 7.41. The molecule has 0 amide bonds. The molecule has 20 heavy (non-hydrogen) atoms. The third kappa shape index (κ3) is 4.95. The molecule has 1 aliphatic rings. The van der Waals surface area contributed by atoms with Crippen molar-refractivity contribution in [2.24, 2.45) is 0 Å². The van der Waals surface area contributed by atoms with E-state index < -0.39 is 0 Å². The Hall–Kier alpha value is -1.38. The van der Waals surface area contributed by atoms with Gasteiger partial charge in [0.05, 0.1) is 6.10 Å². The summed E-state index contributed by atoms with van der Waals surface area (Å²) in [4.78, 5) is 0. The highest BCUT2D eigenvalue weighted by Crippen LogP contribution is 2.26. The van der Waals surface area contributed by atoms with Crippen LogP contribution in [0.25, 0.3) is 0 Å². The molecule has 0 aromatic heterocycles. The maximum atomic E-state index is 5.98. The molecule has 3 N–H and O–H groups in total. The Labute approximate surface area is 122 Å². The molecule has 0 heterocycles. The first-order chi connectivity index (χ1) is 9.63. The highest BCUT2D eigenvalue weighted by molar-refractivity contribution is 5.59. The molecule has 3 nitrogen and oxygen atoms in total. The van der Waals surface area contributed by atoms with Gasteiger partial charge in [-0.15, -0.1) is 0 Å². The Morgan fingerprint density at radius 1 is 1.05 bits per heavy atom. The van der Waals surface area contributed by atoms with Crippen LogP contribution in [-0.2, 0) is 0 Å². The number of nitrogens with two attached hydrogens (primary N) is 1. The molecule has 3 heteroatoms. The van der Waals surface area contributed by atoms with Gasteiger partial charge in [-0.2, -0.15) is 0 Å². The molecule has 0 atom stereocenters. The van der Waals surface area contributed by atoms with Crippen LogP contribution in [0.1, 0.15) is 58.8 Å². The van der Waals surface area contributed by atoms with Crippen molar-refractivity contribution >= 4 is 11.4 Å². The number of ether oxygens (including phenoxy) is 1.